The van der Waals surface area contributed by atoms with Gasteiger partial charge in [-0.3, -0.25) is 0 Å². The maximum atomic E-state index is 13.2. The Morgan fingerprint density at radius 2 is 1.93 bits per heavy atom. The zero-order valence-corrected chi connectivity index (χ0v) is 17.1. The minimum absolute atomic E-state index is 0.0921. The Kier molecular flexibility index (Phi) is 5.88. The fourth-order valence-electron chi connectivity index (χ4n) is 3.85. The largest absolute Gasteiger partial charge is 0.385 e. The molecule has 0 bridgehead atoms. The van der Waals surface area contributed by atoms with Gasteiger partial charge in [0.25, 0.3) is 0 Å². The standard InChI is InChI=1S/C23H24ClN3O2/c1-29-15-5-13-25-23(28)27-16-18-6-2-3-7-20(18)26-14-4-8-21(26)22(27)17-9-11-19(24)12-10-17/h2-4,6-12,14,22H,5,13,15-16H2,1H3,(H,25,28)/t22-/m1/s1. The van der Waals surface area contributed by atoms with Gasteiger partial charge in [0.1, 0.15) is 0 Å². The van der Waals surface area contributed by atoms with Gasteiger partial charge >= 0.3 is 6.03 Å². The van der Waals surface area contributed by atoms with Crippen LogP contribution in [0.25, 0.3) is 5.69 Å². The summed E-state index contributed by atoms with van der Waals surface area (Å²) >= 11 is 6.12. The molecule has 1 aliphatic rings. The fraction of sp³-hybridized carbons (Fsp3) is 0.261. The van der Waals surface area contributed by atoms with Crippen molar-refractivity contribution >= 4 is 17.6 Å². The van der Waals surface area contributed by atoms with E-state index >= 15 is 0 Å². The molecule has 0 unspecified atom stereocenters. The molecule has 4 rings (SSSR count). The number of nitrogens with one attached hydrogen (secondary N) is 1. The van der Waals surface area contributed by atoms with Crippen LogP contribution in [0.1, 0.15) is 29.3 Å². The van der Waals surface area contributed by atoms with Crippen molar-refractivity contribution in [3.8, 4) is 5.69 Å². The molecule has 1 N–H and O–H groups in total. The maximum absolute atomic E-state index is 13.2. The molecule has 0 saturated carbocycles. The highest BCUT2D eigenvalue weighted by molar-refractivity contribution is 6.30. The molecule has 1 aromatic heterocycles. The van der Waals surface area contributed by atoms with Crippen LogP contribution in [0.3, 0.4) is 0 Å². The second kappa shape index (κ2) is 8.72. The predicted molar refractivity (Wildman–Crippen MR) is 114 cm³/mol. The van der Waals surface area contributed by atoms with Gasteiger partial charge in [-0.1, -0.05) is 41.9 Å². The zero-order chi connectivity index (χ0) is 20.2. The number of halogens is 1. The normalized spacial score (nSPS) is 15.4. The summed E-state index contributed by atoms with van der Waals surface area (Å²) in [6.45, 7) is 1.70. The molecular weight excluding hydrogens is 386 g/mol. The predicted octanol–water partition coefficient (Wildman–Crippen LogP) is 4.78. The third-order valence-electron chi connectivity index (χ3n) is 5.21. The topological polar surface area (TPSA) is 46.5 Å². The first-order valence-corrected chi connectivity index (χ1v) is 10.1. The molecule has 2 amide bonds. The summed E-state index contributed by atoms with van der Waals surface area (Å²) in [5.41, 5.74) is 4.27. The Hall–Kier alpha value is -2.76. The Labute approximate surface area is 175 Å². The molecule has 5 nitrogen and oxygen atoms in total. The van der Waals surface area contributed by atoms with E-state index in [2.05, 4.69) is 34.3 Å². The number of hydrogen-bond donors (Lipinski definition) is 1. The van der Waals surface area contributed by atoms with Crippen molar-refractivity contribution in [1.82, 2.24) is 14.8 Å². The minimum atomic E-state index is -0.225. The number of aromatic nitrogens is 1. The van der Waals surface area contributed by atoms with Crippen LogP contribution in [0.15, 0.2) is 66.9 Å². The van der Waals surface area contributed by atoms with E-state index in [1.54, 1.807) is 7.11 Å². The minimum Gasteiger partial charge on any atom is -0.385 e. The van der Waals surface area contributed by atoms with Gasteiger partial charge < -0.3 is 19.5 Å². The van der Waals surface area contributed by atoms with Crippen molar-refractivity contribution in [3.05, 3.63) is 88.7 Å². The smallest absolute Gasteiger partial charge is 0.318 e. The van der Waals surface area contributed by atoms with Crippen LogP contribution in [0, 0.1) is 0 Å². The van der Waals surface area contributed by atoms with Crippen molar-refractivity contribution < 1.29 is 9.53 Å². The number of carbonyl (C=O) groups excluding carboxylic acids is 1. The molecule has 0 spiro atoms. The van der Waals surface area contributed by atoms with Gasteiger partial charge in [0.2, 0.25) is 0 Å². The lowest BCUT2D eigenvalue weighted by Gasteiger charge is -2.31. The molecule has 0 saturated heterocycles. The Morgan fingerprint density at radius 3 is 2.72 bits per heavy atom. The molecule has 1 aliphatic heterocycles. The SMILES string of the molecule is COCCCNC(=O)N1Cc2ccccc2-n2cccc2[C@H]1c1ccc(Cl)cc1. The number of ether oxygens (including phenoxy) is 1. The molecule has 6 heteroatoms. The van der Waals surface area contributed by atoms with Crippen molar-refractivity contribution in [2.24, 2.45) is 0 Å². The van der Waals surface area contributed by atoms with E-state index in [9.17, 15) is 4.79 Å². The summed E-state index contributed by atoms with van der Waals surface area (Å²) in [6.07, 6.45) is 2.83. The van der Waals surface area contributed by atoms with Crippen molar-refractivity contribution in [3.63, 3.8) is 0 Å². The molecular formula is C23H24ClN3O2. The van der Waals surface area contributed by atoms with E-state index < -0.39 is 0 Å². The number of amides is 2. The first-order valence-electron chi connectivity index (χ1n) is 9.73. The number of para-hydroxylation sites is 1. The quantitative estimate of drug-likeness (QED) is 0.616. The van der Waals surface area contributed by atoms with Gasteiger partial charge in [-0.15, -0.1) is 0 Å². The summed E-state index contributed by atoms with van der Waals surface area (Å²) < 4.78 is 7.27. The summed E-state index contributed by atoms with van der Waals surface area (Å²) in [5.74, 6) is 0. The zero-order valence-electron chi connectivity index (χ0n) is 16.3. The summed E-state index contributed by atoms with van der Waals surface area (Å²) in [6, 6.07) is 19.7. The van der Waals surface area contributed by atoms with E-state index in [0.717, 1.165) is 28.9 Å². The molecule has 150 valence electrons. The summed E-state index contributed by atoms with van der Waals surface area (Å²) in [4.78, 5) is 15.1. The first kappa shape index (κ1) is 19.6. The molecule has 2 heterocycles. The van der Waals surface area contributed by atoms with E-state index in [1.165, 1.54) is 0 Å². The van der Waals surface area contributed by atoms with Crippen molar-refractivity contribution in [1.29, 1.82) is 0 Å². The molecule has 1 atom stereocenters. The van der Waals surface area contributed by atoms with Crippen LogP contribution < -0.4 is 5.32 Å². The highest BCUT2D eigenvalue weighted by Gasteiger charge is 2.32. The van der Waals surface area contributed by atoms with Crippen LogP contribution in [-0.2, 0) is 11.3 Å². The summed E-state index contributed by atoms with van der Waals surface area (Å²) in [7, 11) is 1.66. The van der Waals surface area contributed by atoms with E-state index in [0.29, 0.717) is 24.7 Å². The molecule has 0 aliphatic carbocycles. The average molecular weight is 410 g/mol. The van der Waals surface area contributed by atoms with Gasteiger partial charge in [0.05, 0.1) is 18.3 Å². The van der Waals surface area contributed by atoms with Crippen LogP contribution in [0.4, 0.5) is 4.79 Å². The third kappa shape index (κ3) is 4.02. The molecule has 2 aromatic carbocycles. The van der Waals surface area contributed by atoms with Gasteiger partial charge in [-0.05, 0) is 47.9 Å². The lowest BCUT2D eigenvalue weighted by atomic mass is 10.0. The summed E-state index contributed by atoms with van der Waals surface area (Å²) in [5, 5.41) is 3.73. The Morgan fingerprint density at radius 1 is 1.14 bits per heavy atom. The first-order chi connectivity index (χ1) is 14.2. The molecule has 0 fully saturated rings. The van der Waals surface area contributed by atoms with Crippen LogP contribution in [-0.4, -0.2) is 35.8 Å². The van der Waals surface area contributed by atoms with E-state index in [1.807, 2.05) is 47.4 Å². The van der Waals surface area contributed by atoms with Gasteiger partial charge in [-0.2, -0.15) is 0 Å². The van der Waals surface area contributed by atoms with E-state index in [4.69, 9.17) is 16.3 Å². The van der Waals surface area contributed by atoms with Crippen LogP contribution >= 0.6 is 11.6 Å². The number of rotatable bonds is 5. The number of nitrogens with zero attached hydrogens (tertiary/aromatic N) is 2. The second-order valence-corrected chi connectivity index (χ2v) is 7.53. The van der Waals surface area contributed by atoms with Gasteiger partial charge in [-0.25, -0.2) is 4.79 Å². The Bertz CT molecular complexity index is 984. The van der Waals surface area contributed by atoms with Crippen LogP contribution in [0.2, 0.25) is 5.02 Å². The number of hydrogen-bond acceptors (Lipinski definition) is 2. The maximum Gasteiger partial charge on any atom is 0.318 e. The number of methoxy groups -OCH3 is 1. The molecule has 0 radical (unpaired) electrons. The van der Waals surface area contributed by atoms with Crippen LogP contribution in [0.5, 0.6) is 0 Å². The Balaban J connectivity index is 1.76. The second-order valence-electron chi connectivity index (χ2n) is 7.09. The van der Waals surface area contributed by atoms with Crippen molar-refractivity contribution in [2.45, 2.75) is 19.0 Å². The third-order valence-corrected chi connectivity index (χ3v) is 5.46. The van der Waals surface area contributed by atoms with Gasteiger partial charge in [0, 0.05) is 37.2 Å². The fourth-order valence-corrected chi connectivity index (χ4v) is 3.97. The highest BCUT2D eigenvalue weighted by Crippen LogP contribution is 2.36. The number of carbonyl (C=O) groups is 1. The van der Waals surface area contributed by atoms with E-state index in [-0.39, 0.29) is 12.1 Å². The lowest BCUT2D eigenvalue weighted by molar-refractivity contribution is 0.174. The number of urea groups is 1. The van der Waals surface area contributed by atoms with Gasteiger partial charge in [0.15, 0.2) is 0 Å². The van der Waals surface area contributed by atoms with Crippen molar-refractivity contribution in [2.75, 3.05) is 20.3 Å². The molecule has 3 aromatic rings. The number of benzene rings is 2. The number of fused-ring (bicyclic) bond motifs is 3. The average Bonchev–Trinajstić information content (AvgIpc) is 3.16. The monoisotopic (exact) mass is 409 g/mol. The lowest BCUT2D eigenvalue weighted by Crippen LogP contribution is -2.42. The molecule has 29 heavy (non-hydrogen) atoms. The highest BCUT2D eigenvalue weighted by atomic mass is 35.5.